The molecule has 0 fully saturated rings. The molecule has 1 aromatic heterocycles. The topological polar surface area (TPSA) is 17.8 Å². The Labute approximate surface area is 103 Å². The third-order valence-electron chi connectivity index (χ3n) is 2.30. The van der Waals surface area contributed by atoms with E-state index in [0.717, 1.165) is 19.4 Å². The van der Waals surface area contributed by atoms with Gasteiger partial charge in [0.15, 0.2) is 0 Å². The van der Waals surface area contributed by atoms with E-state index in [0.29, 0.717) is 0 Å². The van der Waals surface area contributed by atoms with Crippen molar-refractivity contribution in [2.24, 2.45) is 0 Å². The predicted octanol–water partition coefficient (Wildman–Crippen LogP) is 3.12. The van der Waals surface area contributed by atoms with E-state index < -0.39 is 0 Å². The fraction of sp³-hybridized carbons (Fsp3) is 0.250. The van der Waals surface area contributed by atoms with E-state index in [1.807, 2.05) is 10.9 Å². The Morgan fingerprint density at radius 2 is 2.00 bits per heavy atom. The Bertz CT molecular complexity index is 409. The van der Waals surface area contributed by atoms with Crippen molar-refractivity contribution in [3.05, 3.63) is 51.9 Å². The van der Waals surface area contributed by atoms with E-state index in [-0.39, 0.29) is 0 Å². The first-order chi connectivity index (χ1) is 7.34. The molecule has 1 heterocycles. The number of hydrogen-bond donors (Lipinski definition) is 0. The maximum atomic E-state index is 4.26. The van der Waals surface area contributed by atoms with Crippen LogP contribution in [-0.4, -0.2) is 9.78 Å². The molecule has 0 radical (unpaired) electrons. The van der Waals surface area contributed by atoms with Gasteiger partial charge in [0.25, 0.3) is 0 Å². The Balaban J connectivity index is 1.80. The minimum absolute atomic E-state index is 0.998. The SMILES string of the molecule is Ic1cnn(CCCc2ccccc2)c1. The second-order valence-electron chi connectivity index (χ2n) is 3.51. The summed E-state index contributed by atoms with van der Waals surface area (Å²) in [6, 6.07) is 10.6. The van der Waals surface area contributed by atoms with E-state index in [1.54, 1.807) is 0 Å². The van der Waals surface area contributed by atoms with E-state index >= 15 is 0 Å². The van der Waals surface area contributed by atoms with Crippen LogP contribution < -0.4 is 0 Å². The lowest BCUT2D eigenvalue weighted by atomic mass is 10.1. The van der Waals surface area contributed by atoms with Crippen LogP contribution >= 0.6 is 22.6 Å². The van der Waals surface area contributed by atoms with Crippen LogP contribution in [0.1, 0.15) is 12.0 Å². The number of benzene rings is 1. The average molecular weight is 312 g/mol. The molecule has 0 aliphatic heterocycles. The summed E-state index contributed by atoms with van der Waals surface area (Å²) in [6.45, 7) is 0.998. The van der Waals surface area contributed by atoms with Crippen molar-refractivity contribution < 1.29 is 0 Å². The fourth-order valence-electron chi connectivity index (χ4n) is 1.55. The monoisotopic (exact) mass is 312 g/mol. The summed E-state index contributed by atoms with van der Waals surface area (Å²) >= 11 is 2.28. The Morgan fingerprint density at radius 1 is 1.20 bits per heavy atom. The van der Waals surface area contributed by atoms with Gasteiger partial charge in [-0.05, 0) is 41.0 Å². The van der Waals surface area contributed by atoms with Crippen LogP contribution in [-0.2, 0) is 13.0 Å². The number of nitrogens with zero attached hydrogens (tertiary/aromatic N) is 2. The van der Waals surface area contributed by atoms with Gasteiger partial charge >= 0.3 is 0 Å². The van der Waals surface area contributed by atoms with Gasteiger partial charge in [-0.15, -0.1) is 0 Å². The molecule has 0 saturated heterocycles. The highest BCUT2D eigenvalue weighted by Gasteiger charge is 1.95. The van der Waals surface area contributed by atoms with Crippen molar-refractivity contribution in [1.29, 1.82) is 0 Å². The van der Waals surface area contributed by atoms with Crippen LogP contribution in [0, 0.1) is 3.57 Å². The standard InChI is InChI=1S/C12H13IN2/c13-12-9-14-15(10-12)8-4-7-11-5-2-1-3-6-11/h1-3,5-6,9-10H,4,7-8H2. The van der Waals surface area contributed by atoms with E-state index in [9.17, 15) is 0 Å². The largest absolute Gasteiger partial charge is 0.272 e. The zero-order chi connectivity index (χ0) is 10.5. The van der Waals surface area contributed by atoms with Crippen molar-refractivity contribution in [1.82, 2.24) is 9.78 Å². The van der Waals surface area contributed by atoms with Crippen molar-refractivity contribution in [2.45, 2.75) is 19.4 Å². The van der Waals surface area contributed by atoms with Gasteiger partial charge in [0.05, 0.1) is 9.77 Å². The number of rotatable bonds is 4. The summed E-state index contributed by atoms with van der Waals surface area (Å²) in [5, 5.41) is 4.26. The third-order valence-corrected chi connectivity index (χ3v) is 2.85. The minimum Gasteiger partial charge on any atom is -0.272 e. The number of hydrogen-bond acceptors (Lipinski definition) is 1. The molecule has 0 aliphatic carbocycles. The van der Waals surface area contributed by atoms with Crippen LogP contribution in [0.4, 0.5) is 0 Å². The summed E-state index contributed by atoms with van der Waals surface area (Å²) in [7, 11) is 0. The zero-order valence-electron chi connectivity index (χ0n) is 8.44. The molecular weight excluding hydrogens is 299 g/mol. The summed E-state index contributed by atoms with van der Waals surface area (Å²) in [6.07, 6.45) is 6.23. The van der Waals surface area contributed by atoms with Gasteiger partial charge in [0.2, 0.25) is 0 Å². The van der Waals surface area contributed by atoms with Gasteiger partial charge in [-0.3, -0.25) is 4.68 Å². The Morgan fingerprint density at radius 3 is 2.67 bits per heavy atom. The fourth-order valence-corrected chi connectivity index (χ4v) is 2.00. The molecule has 0 N–H and O–H groups in total. The highest BCUT2D eigenvalue weighted by molar-refractivity contribution is 14.1. The first-order valence-electron chi connectivity index (χ1n) is 5.06. The van der Waals surface area contributed by atoms with Gasteiger partial charge in [-0.1, -0.05) is 30.3 Å². The van der Waals surface area contributed by atoms with Crippen LogP contribution in [0.2, 0.25) is 0 Å². The molecule has 0 amide bonds. The molecule has 3 heteroatoms. The van der Waals surface area contributed by atoms with Crippen LogP contribution in [0.5, 0.6) is 0 Å². The first-order valence-corrected chi connectivity index (χ1v) is 6.14. The zero-order valence-corrected chi connectivity index (χ0v) is 10.6. The molecule has 0 bridgehead atoms. The van der Waals surface area contributed by atoms with Gasteiger partial charge in [0, 0.05) is 12.7 Å². The molecular formula is C12H13IN2. The van der Waals surface area contributed by atoms with Gasteiger partial charge < -0.3 is 0 Å². The summed E-state index contributed by atoms with van der Waals surface area (Å²) in [5.74, 6) is 0. The second kappa shape index (κ2) is 5.30. The molecule has 78 valence electrons. The van der Waals surface area contributed by atoms with Gasteiger partial charge in [0.1, 0.15) is 0 Å². The smallest absolute Gasteiger partial charge is 0.0623 e. The molecule has 2 nitrogen and oxygen atoms in total. The number of aromatic nitrogens is 2. The molecule has 0 atom stereocenters. The quantitative estimate of drug-likeness (QED) is 0.793. The number of halogens is 1. The molecule has 0 unspecified atom stereocenters. The lowest BCUT2D eigenvalue weighted by Crippen LogP contribution is -1.99. The van der Waals surface area contributed by atoms with Gasteiger partial charge in [-0.25, -0.2) is 0 Å². The highest BCUT2D eigenvalue weighted by atomic mass is 127. The Hall–Kier alpha value is -0.840. The van der Waals surface area contributed by atoms with E-state index in [1.165, 1.54) is 9.13 Å². The third kappa shape index (κ3) is 3.34. The average Bonchev–Trinajstić information content (AvgIpc) is 2.66. The maximum absolute atomic E-state index is 4.26. The molecule has 0 aliphatic rings. The number of aryl methyl sites for hydroxylation is 2. The second-order valence-corrected chi connectivity index (χ2v) is 4.76. The minimum atomic E-state index is 0.998. The summed E-state index contributed by atoms with van der Waals surface area (Å²) in [5.41, 5.74) is 1.40. The molecule has 1 aromatic carbocycles. The molecule has 2 aromatic rings. The predicted molar refractivity (Wildman–Crippen MR) is 69.7 cm³/mol. The Kier molecular flexibility index (Phi) is 3.77. The van der Waals surface area contributed by atoms with Gasteiger partial charge in [-0.2, -0.15) is 5.10 Å². The lowest BCUT2D eigenvalue weighted by molar-refractivity contribution is 0.578. The normalized spacial score (nSPS) is 10.5. The lowest BCUT2D eigenvalue weighted by Gasteiger charge is -2.01. The highest BCUT2D eigenvalue weighted by Crippen LogP contribution is 2.05. The van der Waals surface area contributed by atoms with E-state index in [2.05, 4.69) is 64.2 Å². The van der Waals surface area contributed by atoms with Crippen molar-refractivity contribution in [3.8, 4) is 0 Å². The molecule has 0 spiro atoms. The van der Waals surface area contributed by atoms with E-state index in [4.69, 9.17) is 0 Å². The summed E-state index contributed by atoms with van der Waals surface area (Å²) in [4.78, 5) is 0. The molecule has 2 rings (SSSR count). The van der Waals surface area contributed by atoms with Crippen LogP contribution in [0.15, 0.2) is 42.7 Å². The van der Waals surface area contributed by atoms with Crippen LogP contribution in [0.25, 0.3) is 0 Å². The van der Waals surface area contributed by atoms with Crippen LogP contribution in [0.3, 0.4) is 0 Å². The summed E-state index contributed by atoms with van der Waals surface area (Å²) < 4.78 is 3.21. The van der Waals surface area contributed by atoms with Crippen molar-refractivity contribution in [3.63, 3.8) is 0 Å². The molecule has 15 heavy (non-hydrogen) atoms. The van der Waals surface area contributed by atoms with Crippen molar-refractivity contribution in [2.75, 3.05) is 0 Å². The van der Waals surface area contributed by atoms with Crippen molar-refractivity contribution >= 4 is 22.6 Å². The first kappa shape index (κ1) is 10.7. The maximum Gasteiger partial charge on any atom is 0.0623 e. The molecule has 0 saturated carbocycles.